The third-order valence-electron chi connectivity index (χ3n) is 5.81. The average molecular weight is 507 g/mol. The molecule has 0 atom stereocenters. The normalized spacial score (nSPS) is 11.0. The fourth-order valence-electron chi connectivity index (χ4n) is 3.90. The zero-order valence-electron chi connectivity index (χ0n) is 20.4. The van der Waals surface area contributed by atoms with Crippen molar-refractivity contribution in [2.24, 2.45) is 0 Å². The topological polar surface area (TPSA) is 52.7 Å². The maximum Gasteiger partial charge on any atom is 0.228 e. The smallest absolute Gasteiger partial charge is 0.228 e. The van der Waals surface area contributed by atoms with Gasteiger partial charge in [0.05, 0.1) is 6.42 Å². The lowest BCUT2D eigenvalue weighted by atomic mass is 10.0. The maximum atomic E-state index is 12.6. The third-order valence-corrected chi connectivity index (χ3v) is 6.15. The molecule has 34 heavy (non-hydrogen) atoms. The first kappa shape index (κ1) is 28.2. The molecule has 1 amide bonds. The number of benzene rings is 2. The van der Waals surface area contributed by atoms with Crippen LogP contribution in [0.1, 0.15) is 37.8 Å². The van der Waals surface area contributed by atoms with Crippen LogP contribution in [0.3, 0.4) is 0 Å². The summed E-state index contributed by atoms with van der Waals surface area (Å²) in [6.07, 6.45) is 2.13. The van der Waals surface area contributed by atoms with E-state index in [1.165, 1.54) is 0 Å². The Kier molecular flexibility index (Phi) is 13.0. The van der Waals surface area contributed by atoms with Crippen LogP contribution in [0, 0.1) is 0 Å². The van der Waals surface area contributed by atoms with E-state index in [0.717, 1.165) is 56.0 Å². The highest BCUT2D eigenvalue weighted by Crippen LogP contribution is 2.17. The van der Waals surface area contributed by atoms with Gasteiger partial charge in [-0.1, -0.05) is 38.1 Å². The number of hydrogen-bond acceptors (Lipinski definition) is 4. The Morgan fingerprint density at radius 2 is 1.53 bits per heavy atom. The van der Waals surface area contributed by atoms with Gasteiger partial charge in [0.25, 0.3) is 0 Å². The molecule has 0 heterocycles. The number of amides is 1. The molecule has 0 unspecified atom stereocenters. The number of rotatable bonds is 16. The lowest BCUT2D eigenvalue weighted by Crippen LogP contribution is -2.27. The number of carbonyl (C=O) groups is 2. The number of anilines is 2. The van der Waals surface area contributed by atoms with Crippen molar-refractivity contribution in [3.63, 3.8) is 0 Å². The summed E-state index contributed by atoms with van der Waals surface area (Å²) in [5.41, 5.74) is 3.61. The van der Waals surface area contributed by atoms with Crippen molar-refractivity contribution in [3.8, 4) is 0 Å². The molecule has 0 spiro atoms. The Balaban J connectivity index is 1.86. The third kappa shape index (κ3) is 10.0. The highest BCUT2D eigenvalue weighted by atomic mass is 35.5. The van der Waals surface area contributed by atoms with E-state index in [-0.39, 0.29) is 18.1 Å². The Hall–Kier alpha value is -2.08. The summed E-state index contributed by atoms with van der Waals surface area (Å²) in [7, 11) is 0. The molecule has 0 aliphatic heterocycles. The molecule has 0 bridgehead atoms. The van der Waals surface area contributed by atoms with E-state index in [2.05, 4.69) is 29.0 Å². The van der Waals surface area contributed by atoms with Crippen LogP contribution in [-0.2, 0) is 22.4 Å². The SMILES string of the molecule is CCN(CC)CCCC(=O)Cc1cccc(NC(=O)Cc2ccc(N(CCCl)CCCl)cc2)c1. The average Bonchev–Trinajstić information content (AvgIpc) is 2.82. The number of nitrogens with one attached hydrogen (secondary N) is 1. The van der Waals surface area contributed by atoms with E-state index in [9.17, 15) is 9.59 Å². The summed E-state index contributed by atoms with van der Waals surface area (Å²) in [6, 6.07) is 15.5. The van der Waals surface area contributed by atoms with Crippen LogP contribution < -0.4 is 10.2 Å². The summed E-state index contributed by atoms with van der Waals surface area (Å²) in [4.78, 5) is 29.4. The minimum atomic E-state index is -0.0891. The van der Waals surface area contributed by atoms with E-state index in [1.54, 1.807) is 0 Å². The van der Waals surface area contributed by atoms with E-state index >= 15 is 0 Å². The van der Waals surface area contributed by atoms with Crippen molar-refractivity contribution in [2.75, 3.05) is 54.7 Å². The molecule has 1 N–H and O–H groups in total. The van der Waals surface area contributed by atoms with Crippen molar-refractivity contribution >= 4 is 46.3 Å². The molecule has 0 aliphatic carbocycles. The van der Waals surface area contributed by atoms with E-state index in [4.69, 9.17) is 23.2 Å². The number of nitrogens with zero attached hydrogens (tertiary/aromatic N) is 2. The highest BCUT2D eigenvalue weighted by molar-refractivity contribution is 6.18. The van der Waals surface area contributed by atoms with Gasteiger partial charge in [-0.15, -0.1) is 23.2 Å². The second-order valence-electron chi connectivity index (χ2n) is 8.30. The van der Waals surface area contributed by atoms with Gasteiger partial charge < -0.3 is 15.1 Å². The summed E-state index contributed by atoms with van der Waals surface area (Å²) < 4.78 is 0. The first-order valence-corrected chi connectivity index (χ1v) is 13.1. The van der Waals surface area contributed by atoms with Crippen LogP contribution in [0.2, 0.25) is 0 Å². The van der Waals surface area contributed by atoms with Gasteiger partial charge in [-0.2, -0.15) is 0 Å². The Labute approximate surface area is 214 Å². The van der Waals surface area contributed by atoms with Crippen molar-refractivity contribution in [1.29, 1.82) is 0 Å². The molecule has 0 aromatic heterocycles. The monoisotopic (exact) mass is 505 g/mol. The quantitative estimate of drug-likeness (QED) is 0.311. The summed E-state index contributed by atoms with van der Waals surface area (Å²) in [5.74, 6) is 1.20. The van der Waals surface area contributed by atoms with Crippen molar-refractivity contribution < 1.29 is 9.59 Å². The maximum absolute atomic E-state index is 12.6. The van der Waals surface area contributed by atoms with Gasteiger partial charge in [0.1, 0.15) is 5.78 Å². The van der Waals surface area contributed by atoms with Crippen molar-refractivity contribution in [3.05, 3.63) is 59.7 Å². The zero-order chi connectivity index (χ0) is 24.8. The minimum absolute atomic E-state index is 0.0891. The predicted molar refractivity (Wildman–Crippen MR) is 145 cm³/mol. The van der Waals surface area contributed by atoms with Crippen molar-refractivity contribution in [2.45, 2.75) is 39.5 Å². The van der Waals surface area contributed by atoms with Crippen LogP contribution in [0.5, 0.6) is 0 Å². The molecule has 5 nitrogen and oxygen atoms in total. The number of carbonyl (C=O) groups excluding carboxylic acids is 2. The molecule has 0 saturated carbocycles. The fourth-order valence-corrected chi connectivity index (χ4v) is 4.31. The molecule has 0 radical (unpaired) electrons. The first-order valence-electron chi connectivity index (χ1n) is 12.1. The lowest BCUT2D eigenvalue weighted by Gasteiger charge is -2.23. The standard InChI is InChI=1S/C27H37Cl2N3O2/c1-3-31(4-2)16-6-9-26(33)20-23-7-5-8-24(19-23)30-27(34)21-22-10-12-25(13-11-22)32(17-14-28)18-15-29/h5,7-8,10-13,19H,3-4,6,9,14-18,20-21H2,1-2H3,(H,30,34). The summed E-state index contributed by atoms with van der Waals surface area (Å²) in [6.45, 7) is 8.70. The number of ketones is 1. The molecule has 186 valence electrons. The second kappa shape index (κ2) is 15.8. The molecule has 0 fully saturated rings. The molecular weight excluding hydrogens is 469 g/mol. The lowest BCUT2D eigenvalue weighted by molar-refractivity contribution is -0.118. The van der Waals surface area contributed by atoms with Crippen molar-refractivity contribution in [1.82, 2.24) is 4.90 Å². The van der Waals surface area contributed by atoms with Crippen LogP contribution in [-0.4, -0.2) is 61.1 Å². The van der Waals surface area contributed by atoms with Gasteiger partial charge in [-0.25, -0.2) is 0 Å². The molecule has 0 aliphatic rings. The molecule has 2 aromatic carbocycles. The predicted octanol–water partition coefficient (Wildman–Crippen LogP) is 5.39. The summed E-state index contributed by atoms with van der Waals surface area (Å²) in [5, 5.41) is 2.95. The van der Waals surface area contributed by atoms with Gasteiger partial charge in [0.2, 0.25) is 5.91 Å². The number of halogens is 2. The van der Waals surface area contributed by atoms with Gasteiger partial charge >= 0.3 is 0 Å². The second-order valence-corrected chi connectivity index (χ2v) is 9.06. The highest BCUT2D eigenvalue weighted by Gasteiger charge is 2.10. The number of alkyl halides is 2. The van der Waals surface area contributed by atoms with E-state index in [0.29, 0.717) is 30.3 Å². The number of hydrogen-bond donors (Lipinski definition) is 1. The van der Waals surface area contributed by atoms with Crippen LogP contribution >= 0.6 is 23.2 Å². The molecule has 2 aromatic rings. The first-order chi connectivity index (χ1) is 16.5. The van der Waals surface area contributed by atoms with Gasteiger partial charge in [-0.05, 0) is 61.4 Å². The number of Topliss-reactive ketones (excluding diaryl/α,β-unsaturated/α-hetero) is 1. The molecule has 0 saturated heterocycles. The zero-order valence-corrected chi connectivity index (χ0v) is 21.9. The molecular formula is C27H37Cl2N3O2. The Bertz CT molecular complexity index is 880. The largest absolute Gasteiger partial charge is 0.369 e. The molecule has 7 heteroatoms. The van der Waals surface area contributed by atoms with E-state index < -0.39 is 0 Å². The Morgan fingerprint density at radius 3 is 2.15 bits per heavy atom. The Morgan fingerprint density at radius 1 is 0.853 bits per heavy atom. The van der Waals surface area contributed by atoms with Gasteiger partial charge in [0, 0.05) is 49.1 Å². The molecule has 2 rings (SSSR count). The minimum Gasteiger partial charge on any atom is -0.369 e. The fraction of sp³-hybridized carbons (Fsp3) is 0.481. The van der Waals surface area contributed by atoms with Crippen LogP contribution in [0.25, 0.3) is 0 Å². The van der Waals surface area contributed by atoms with E-state index in [1.807, 2.05) is 48.5 Å². The van der Waals surface area contributed by atoms with Gasteiger partial charge in [0.15, 0.2) is 0 Å². The van der Waals surface area contributed by atoms with Crippen LogP contribution in [0.4, 0.5) is 11.4 Å². The summed E-state index contributed by atoms with van der Waals surface area (Å²) >= 11 is 11.8. The van der Waals surface area contributed by atoms with Gasteiger partial charge in [-0.3, -0.25) is 9.59 Å². The van der Waals surface area contributed by atoms with Crippen LogP contribution in [0.15, 0.2) is 48.5 Å².